The van der Waals surface area contributed by atoms with Crippen LogP contribution in [0.25, 0.3) is 22.3 Å². The van der Waals surface area contributed by atoms with Crippen molar-refractivity contribution in [2.75, 3.05) is 26.4 Å². The monoisotopic (exact) mass is 950 g/mol. The third-order valence-corrected chi connectivity index (χ3v) is 11.5. The van der Waals surface area contributed by atoms with Crippen LogP contribution in [0.4, 0.5) is 0 Å². The summed E-state index contributed by atoms with van der Waals surface area (Å²) >= 11 is 0. The molecule has 27 heteroatoms. The molecule has 0 bridgehead atoms. The van der Waals surface area contributed by atoms with Crippen molar-refractivity contribution in [3.05, 3.63) is 40.6 Å². The molecule has 0 spiro atoms. The van der Waals surface area contributed by atoms with Crippen LogP contribution >= 0.6 is 0 Å². The summed E-state index contributed by atoms with van der Waals surface area (Å²) in [5.41, 5.74) is -1.60. The van der Waals surface area contributed by atoms with Gasteiger partial charge >= 0.3 is 0 Å². The lowest BCUT2D eigenvalue weighted by Crippen LogP contribution is -2.63. The van der Waals surface area contributed by atoms with Gasteiger partial charge in [0.25, 0.3) is 0 Å². The molecule has 1 aromatic heterocycles. The molecule has 4 saturated heterocycles. The Hall–Kier alpha value is -4.15. The minimum Gasteiger partial charge on any atom is -0.508 e. The van der Waals surface area contributed by atoms with Gasteiger partial charge in [0, 0.05) is 17.7 Å². The van der Waals surface area contributed by atoms with E-state index < -0.39 is 195 Å². The topological polar surface area (TPSA) is 448 Å². The maximum atomic E-state index is 13.8. The first-order valence-corrected chi connectivity index (χ1v) is 20.2. The van der Waals surface area contributed by atoms with Gasteiger partial charge in [-0.3, -0.25) is 4.79 Å². The van der Waals surface area contributed by atoms with Crippen molar-refractivity contribution in [3.8, 4) is 40.1 Å². The zero-order valence-electron chi connectivity index (χ0n) is 33.9. The van der Waals surface area contributed by atoms with Crippen molar-refractivity contribution in [1.82, 2.24) is 0 Å². The number of rotatable bonds is 13. The van der Waals surface area contributed by atoms with Crippen molar-refractivity contribution in [3.63, 3.8) is 0 Å². The minimum atomic E-state index is -2.12. The summed E-state index contributed by atoms with van der Waals surface area (Å²) in [6.45, 7) is -3.10. The van der Waals surface area contributed by atoms with Gasteiger partial charge in [-0.15, -0.1) is 0 Å². The average molecular weight is 951 g/mol. The second kappa shape index (κ2) is 20.2. The normalized spacial score (nSPS) is 39.8. The Labute approximate surface area is 369 Å². The molecule has 3 aromatic rings. The molecule has 4 aliphatic heterocycles. The van der Waals surface area contributed by atoms with Gasteiger partial charge in [0.15, 0.2) is 36.1 Å². The maximum Gasteiger partial charge on any atom is 0.239 e. The molecule has 2 aromatic carbocycles. The largest absolute Gasteiger partial charge is 0.508 e. The molecular formula is C39H50O27. The Morgan fingerprint density at radius 3 is 1.35 bits per heavy atom. The van der Waals surface area contributed by atoms with Gasteiger partial charge in [-0.1, -0.05) is 0 Å². The quantitative estimate of drug-likeness (QED) is 0.0708. The van der Waals surface area contributed by atoms with E-state index in [9.17, 15) is 91.6 Å². The van der Waals surface area contributed by atoms with Crippen LogP contribution in [0.1, 0.15) is 0 Å². The summed E-state index contributed by atoms with van der Waals surface area (Å²) in [4.78, 5) is 13.8. The van der Waals surface area contributed by atoms with Crippen LogP contribution in [0.3, 0.4) is 0 Å². The van der Waals surface area contributed by atoms with Gasteiger partial charge in [0.05, 0.1) is 26.4 Å². The molecule has 0 amide bonds. The molecule has 27 nitrogen and oxygen atoms in total. The molecule has 0 unspecified atom stereocenters. The Bertz CT molecular complexity index is 2190. The average Bonchev–Trinajstić information content (AvgIpc) is 3.28. The van der Waals surface area contributed by atoms with Gasteiger partial charge in [-0.05, 0) is 18.2 Å². The van der Waals surface area contributed by atoms with Crippen molar-refractivity contribution >= 4 is 11.0 Å². The number of phenols is 4. The molecule has 7 rings (SSSR count). The van der Waals surface area contributed by atoms with Crippen LogP contribution in [0.2, 0.25) is 0 Å². The van der Waals surface area contributed by atoms with E-state index >= 15 is 0 Å². The molecule has 4 fully saturated rings. The fraction of sp³-hybridized carbons (Fsp3) is 0.615. The Morgan fingerprint density at radius 1 is 0.470 bits per heavy atom. The van der Waals surface area contributed by atoms with E-state index in [2.05, 4.69) is 0 Å². The number of phenolic OH excluding ortho intramolecular Hbond substituents is 4. The highest BCUT2D eigenvalue weighted by Crippen LogP contribution is 2.40. The number of aliphatic hydroxyl groups excluding tert-OH is 13. The van der Waals surface area contributed by atoms with Crippen molar-refractivity contribution in [2.24, 2.45) is 0 Å². The lowest BCUT2D eigenvalue weighted by atomic mass is 9.98. The SMILES string of the molecule is O=c1c(O[C@@H]2O[C@H](CO[C@@H]3O[C@H](CO[C@@H]4O[C@H](CO[C@@H]5O[C@H](CO)[C@@H](O)[C@H](O)[C@H]5O)[C@@H](O)[C@H](O)[C@H]4O)[C@@H](O)[C@H](O)[C@H]3O)[C@@H](O)[C@H](O)[C@H]2O)c(-c2ccc(O)c(O)c2)oc2cc(O)cc(O)c12. The number of ether oxygens (including phenoxy) is 8. The predicted octanol–water partition coefficient (Wildman–Crippen LogP) is -7.07. The number of hydrogen-bond donors (Lipinski definition) is 17. The molecule has 4 aliphatic rings. The highest BCUT2D eigenvalue weighted by molar-refractivity contribution is 5.88. The van der Waals surface area contributed by atoms with Crippen molar-refractivity contribution < 1.29 is 129 Å². The van der Waals surface area contributed by atoms with E-state index in [1.807, 2.05) is 0 Å². The van der Waals surface area contributed by atoms with E-state index in [1.54, 1.807) is 0 Å². The second-order valence-electron chi connectivity index (χ2n) is 16.0. The summed E-state index contributed by atoms with van der Waals surface area (Å²) in [6.07, 6.45) is -36.9. The van der Waals surface area contributed by atoms with Crippen LogP contribution in [-0.2, 0) is 33.2 Å². The molecule has 17 N–H and O–H groups in total. The highest BCUT2D eigenvalue weighted by Gasteiger charge is 2.51. The van der Waals surface area contributed by atoms with Crippen LogP contribution in [0, 0.1) is 0 Å². The van der Waals surface area contributed by atoms with Crippen LogP contribution in [0.5, 0.6) is 28.7 Å². The third-order valence-electron chi connectivity index (χ3n) is 11.5. The van der Waals surface area contributed by atoms with Crippen LogP contribution in [-0.4, -0.2) is 236 Å². The summed E-state index contributed by atoms with van der Waals surface area (Å²) in [5, 5.41) is 176. The first-order valence-electron chi connectivity index (χ1n) is 20.2. The van der Waals surface area contributed by atoms with E-state index in [4.69, 9.17) is 42.3 Å². The van der Waals surface area contributed by atoms with E-state index in [0.717, 1.165) is 24.3 Å². The fourth-order valence-corrected chi connectivity index (χ4v) is 7.66. The molecule has 368 valence electrons. The lowest BCUT2D eigenvalue weighted by Gasteiger charge is -2.44. The highest BCUT2D eigenvalue weighted by atomic mass is 16.8. The maximum absolute atomic E-state index is 13.8. The van der Waals surface area contributed by atoms with Crippen LogP contribution in [0.15, 0.2) is 39.5 Å². The summed E-state index contributed by atoms with van der Waals surface area (Å²) in [5.74, 6) is -3.81. The number of aliphatic hydroxyl groups is 13. The van der Waals surface area contributed by atoms with E-state index in [-0.39, 0.29) is 11.1 Å². The first-order chi connectivity index (χ1) is 31.2. The van der Waals surface area contributed by atoms with Gasteiger partial charge in [-0.2, -0.15) is 0 Å². The molecule has 66 heavy (non-hydrogen) atoms. The standard InChI is InChI=1S/C39H50O27/c40-6-16-21(45)26(50)30(54)36(62-16)58-7-17-22(46)27(51)31(55)37(63-17)59-8-18-23(47)28(52)32(56)38(64-18)60-9-19-24(48)29(53)33(57)39(65-19)66-35-25(49)20-14(44)4-11(41)5-15(20)61-34(35)10-1-2-12(42)13(43)3-10/h1-5,16-19,21-24,26-33,36-48,50-57H,6-9H2/t16-,17-,18-,19-,21-,22-,23-,24-,26+,27+,28+,29+,30-,31-,32-,33-,36-,37-,38-,39+/m1/s1. The van der Waals surface area contributed by atoms with Gasteiger partial charge < -0.3 is 129 Å². The van der Waals surface area contributed by atoms with Crippen molar-refractivity contribution in [2.45, 2.75) is 123 Å². The van der Waals surface area contributed by atoms with E-state index in [1.165, 1.54) is 6.07 Å². The van der Waals surface area contributed by atoms with Gasteiger partial charge in [0.1, 0.15) is 120 Å². The van der Waals surface area contributed by atoms with Crippen molar-refractivity contribution in [1.29, 1.82) is 0 Å². The lowest BCUT2D eigenvalue weighted by molar-refractivity contribution is -0.346. The molecule has 0 aliphatic carbocycles. The molecule has 0 saturated carbocycles. The zero-order chi connectivity index (χ0) is 48.0. The van der Waals surface area contributed by atoms with Gasteiger partial charge in [0.2, 0.25) is 17.5 Å². The minimum absolute atomic E-state index is 0.116. The zero-order valence-corrected chi connectivity index (χ0v) is 33.9. The molecule has 0 radical (unpaired) electrons. The Kier molecular flexibility index (Phi) is 15.2. The predicted molar refractivity (Wildman–Crippen MR) is 207 cm³/mol. The number of aromatic hydroxyl groups is 4. The van der Waals surface area contributed by atoms with E-state index in [0.29, 0.717) is 0 Å². The Morgan fingerprint density at radius 2 is 0.894 bits per heavy atom. The smallest absolute Gasteiger partial charge is 0.239 e. The van der Waals surface area contributed by atoms with Crippen LogP contribution < -0.4 is 10.2 Å². The first kappa shape index (κ1) is 49.7. The summed E-state index contributed by atoms with van der Waals surface area (Å²) in [7, 11) is 0. The number of hydrogen-bond acceptors (Lipinski definition) is 27. The second-order valence-corrected chi connectivity index (χ2v) is 16.0. The summed E-state index contributed by atoms with van der Waals surface area (Å²) in [6, 6.07) is 4.97. The fourth-order valence-electron chi connectivity index (χ4n) is 7.66. The molecular weight excluding hydrogens is 900 g/mol. The number of benzene rings is 2. The third kappa shape index (κ3) is 9.74. The van der Waals surface area contributed by atoms with Gasteiger partial charge in [-0.25, -0.2) is 0 Å². The Balaban J connectivity index is 1.02. The summed E-state index contributed by atoms with van der Waals surface area (Å²) < 4.78 is 50.1. The number of fused-ring (bicyclic) bond motifs is 1. The molecule has 20 atom stereocenters. The molecule has 5 heterocycles.